The highest BCUT2D eigenvalue weighted by atomic mass is 35.5. The zero-order valence-electron chi connectivity index (χ0n) is 9.76. The summed E-state index contributed by atoms with van der Waals surface area (Å²) >= 11 is 5.89. The lowest BCUT2D eigenvalue weighted by atomic mass is 9.98. The van der Waals surface area contributed by atoms with E-state index in [-0.39, 0.29) is 5.02 Å². The highest BCUT2D eigenvalue weighted by Crippen LogP contribution is 2.30. The topological polar surface area (TPSA) is 52.0 Å². The first kappa shape index (κ1) is 12.3. The molecular weight excluding hydrogens is 243 g/mol. The summed E-state index contributed by atoms with van der Waals surface area (Å²) in [6.45, 7) is 3.87. The summed E-state index contributed by atoms with van der Waals surface area (Å²) in [6.07, 6.45) is 1.65. The summed E-state index contributed by atoms with van der Waals surface area (Å²) in [5.41, 5.74) is 6.23. The van der Waals surface area contributed by atoms with E-state index < -0.39 is 11.4 Å². The third-order valence-electron chi connectivity index (χ3n) is 2.67. The monoisotopic (exact) mass is 256 g/mol. The van der Waals surface area contributed by atoms with Crippen molar-refractivity contribution in [2.24, 2.45) is 5.73 Å². The molecule has 2 N–H and O–H groups in total. The predicted octanol–water partition coefficient (Wildman–Crippen LogP) is 3.59. The molecule has 1 heterocycles. The molecule has 17 heavy (non-hydrogen) atoms. The fourth-order valence-electron chi connectivity index (χ4n) is 1.83. The van der Waals surface area contributed by atoms with E-state index >= 15 is 0 Å². The molecule has 0 bridgehead atoms. The van der Waals surface area contributed by atoms with Gasteiger partial charge < -0.3 is 10.2 Å². The molecule has 2 aromatic rings. The van der Waals surface area contributed by atoms with Crippen LogP contribution in [0.4, 0.5) is 4.39 Å². The Morgan fingerprint density at radius 2 is 2.24 bits per heavy atom. The largest absolute Gasteiger partial charge is 0.437 e. The van der Waals surface area contributed by atoms with Gasteiger partial charge in [-0.15, -0.1) is 0 Å². The lowest BCUT2D eigenvalue weighted by molar-refractivity contribution is 0.342. The van der Waals surface area contributed by atoms with Gasteiger partial charge in [-0.25, -0.2) is 9.37 Å². The second-order valence-corrected chi connectivity index (χ2v) is 4.83. The predicted molar refractivity (Wildman–Crippen MR) is 65.4 cm³/mol. The maximum Gasteiger partial charge on any atom is 0.215 e. The van der Waals surface area contributed by atoms with Gasteiger partial charge in [-0.05, 0) is 19.4 Å². The van der Waals surface area contributed by atoms with Crippen LogP contribution in [0, 0.1) is 5.82 Å². The van der Waals surface area contributed by atoms with Crippen LogP contribution in [0.1, 0.15) is 32.6 Å². The number of nitrogens with two attached hydrogens (primary N) is 1. The number of rotatable bonds is 3. The molecule has 0 saturated carbocycles. The van der Waals surface area contributed by atoms with Gasteiger partial charge in [-0.2, -0.15) is 0 Å². The second kappa shape index (κ2) is 4.27. The normalized spacial score (nSPS) is 15.1. The summed E-state index contributed by atoms with van der Waals surface area (Å²) in [5, 5.41) is 0.214. The lowest BCUT2D eigenvalue weighted by Gasteiger charge is -2.19. The smallest absolute Gasteiger partial charge is 0.215 e. The molecule has 1 unspecified atom stereocenters. The van der Waals surface area contributed by atoms with Gasteiger partial charge >= 0.3 is 0 Å². The van der Waals surface area contributed by atoms with E-state index in [4.69, 9.17) is 21.8 Å². The fourth-order valence-corrected chi connectivity index (χ4v) is 2.07. The van der Waals surface area contributed by atoms with Crippen molar-refractivity contribution in [3.05, 3.63) is 28.9 Å². The molecule has 92 valence electrons. The standard InChI is InChI=1S/C12H14ClFN2O/c1-3-4-12(2,15)11-16-9-6-7(14)5-8(13)10(9)17-11/h5-6H,3-4,15H2,1-2H3. The maximum absolute atomic E-state index is 13.2. The van der Waals surface area contributed by atoms with Crippen molar-refractivity contribution in [3.63, 3.8) is 0 Å². The van der Waals surface area contributed by atoms with Crippen LogP contribution in [0.5, 0.6) is 0 Å². The second-order valence-electron chi connectivity index (χ2n) is 4.42. The molecule has 0 saturated heterocycles. The Hall–Kier alpha value is -1.13. The number of hydrogen-bond donors (Lipinski definition) is 1. The average molecular weight is 257 g/mol. The molecule has 0 spiro atoms. The lowest BCUT2D eigenvalue weighted by Crippen LogP contribution is -2.33. The van der Waals surface area contributed by atoms with Crippen LogP contribution in [0.2, 0.25) is 5.02 Å². The fraction of sp³-hybridized carbons (Fsp3) is 0.417. The van der Waals surface area contributed by atoms with Gasteiger partial charge in [0.15, 0.2) is 5.58 Å². The van der Waals surface area contributed by atoms with Crippen molar-refractivity contribution in [3.8, 4) is 0 Å². The van der Waals surface area contributed by atoms with Gasteiger partial charge in [0.25, 0.3) is 0 Å². The molecule has 0 fully saturated rings. The van der Waals surface area contributed by atoms with Gasteiger partial charge in [0.1, 0.15) is 11.3 Å². The van der Waals surface area contributed by atoms with Crippen molar-refractivity contribution in [2.75, 3.05) is 0 Å². The third kappa shape index (κ3) is 2.28. The van der Waals surface area contributed by atoms with Gasteiger partial charge in [-0.1, -0.05) is 24.9 Å². The number of halogens is 2. The first-order valence-electron chi connectivity index (χ1n) is 5.49. The maximum atomic E-state index is 13.2. The average Bonchev–Trinajstić information content (AvgIpc) is 2.62. The van der Waals surface area contributed by atoms with Crippen LogP contribution in [0.25, 0.3) is 11.1 Å². The molecule has 3 nitrogen and oxygen atoms in total. The number of benzene rings is 1. The summed E-state index contributed by atoms with van der Waals surface area (Å²) < 4.78 is 18.7. The van der Waals surface area contributed by atoms with E-state index in [1.807, 2.05) is 13.8 Å². The molecule has 0 radical (unpaired) electrons. The highest BCUT2D eigenvalue weighted by molar-refractivity contribution is 6.34. The Bertz CT molecular complexity index is 551. The van der Waals surface area contributed by atoms with Crippen molar-refractivity contribution in [1.29, 1.82) is 0 Å². The minimum absolute atomic E-state index is 0.214. The number of nitrogens with zero attached hydrogens (tertiary/aromatic N) is 1. The molecule has 1 aromatic carbocycles. The Morgan fingerprint density at radius 3 is 2.88 bits per heavy atom. The van der Waals surface area contributed by atoms with Gasteiger partial charge in [0.05, 0.1) is 10.6 Å². The Balaban J connectivity index is 2.55. The Kier molecular flexibility index (Phi) is 3.10. The van der Waals surface area contributed by atoms with E-state index in [0.717, 1.165) is 12.8 Å². The molecular formula is C12H14ClFN2O. The first-order chi connectivity index (χ1) is 7.94. The third-order valence-corrected chi connectivity index (χ3v) is 2.95. The van der Waals surface area contributed by atoms with E-state index in [9.17, 15) is 4.39 Å². The number of hydrogen-bond acceptors (Lipinski definition) is 3. The van der Waals surface area contributed by atoms with E-state index in [1.54, 1.807) is 0 Å². The Labute approximate surface area is 104 Å². The molecule has 1 aromatic heterocycles. The number of aromatic nitrogens is 1. The molecule has 5 heteroatoms. The minimum atomic E-state index is -0.659. The van der Waals surface area contributed by atoms with Crippen LogP contribution < -0.4 is 5.73 Å². The van der Waals surface area contributed by atoms with Gasteiger partial charge in [0, 0.05) is 6.07 Å². The number of oxazole rings is 1. The van der Waals surface area contributed by atoms with E-state index in [1.165, 1.54) is 12.1 Å². The molecule has 0 aliphatic rings. The quantitative estimate of drug-likeness (QED) is 0.913. The van der Waals surface area contributed by atoms with Gasteiger partial charge in [0.2, 0.25) is 5.89 Å². The molecule has 1 atom stereocenters. The van der Waals surface area contributed by atoms with Crippen molar-refractivity contribution >= 4 is 22.7 Å². The SMILES string of the molecule is CCCC(C)(N)c1nc2cc(F)cc(Cl)c2o1. The first-order valence-corrected chi connectivity index (χ1v) is 5.87. The van der Waals surface area contributed by atoms with E-state index in [2.05, 4.69) is 4.98 Å². The van der Waals surface area contributed by atoms with Crippen LogP contribution in [-0.2, 0) is 5.54 Å². The van der Waals surface area contributed by atoms with Crippen molar-refractivity contribution in [2.45, 2.75) is 32.2 Å². The zero-order chi connectivity index (χ0) is 12.6. The Morgan fingerprint density at radius 1 is 1.53 bits per heavy atom. The summed E-state index contributed by atoms with van der Waals surface area (Å²) in [4.78, 5) is 4.21. The molecule has 0 aliphatic heterocycles. The van der Waals surface area contributed by atoms with Gasteiger partial charge in [-0.3, -0.25) is 0 Å². The van der Waals surface area contributed by atoms with Crippen LogP contribution in [-0.4, -0.2) is 4.98 Å². The van der Waals surface area contributed by atoms with Crippen molar-refractivity contribution < 1.29 is 8.81 Å². The zero-order valence-corrected chi connectivity index (χ0v) is 10.5. The van der Waals surface area contributed by atoms with Crippen molar-refractivity contribution in [1.82, 2.24) is 4.98 Å². The summed E-state index contributed by atoms with van der Waals surface area (Å²) in [5.74, 6) is -0.0431. The van der Waals surface area contributed by atoms with Crippen LogP contribution in [0.3, 0.4) is 0 Å². The van der Waals surface area contributed by atoms with E-state index in [0.29, 0.717) is 17.0 Å². The molecule has 2 rings (SSSR count). The summed E-state index contributed by atoms with van der Waals surface area (Å²) in [6, 6.07) is 2.49. The number of fused-ring (bicyclic) bond motifs is 1. The molecule has 0 aliphatic carbocycles. The molecule has 0 amide bonds. The summed E-state index contributed by atoms with van der Waals surface area (Å²) in [7, 11) is 0. The minimum Gasteiger partial charge on any atom is -0.437 e. The van der Waals surface area contributed by atoms with Crippen LogP contribution in [0.15, 0.2) is 16.5 Å². The highest BCUT2D eigenvalue weighted by Gasteiger charge is 2.27. The van der Waals surface area contributed by atoms with Crippen LogP contribution >= 0.6 is 11.6 Å².